The van der Waals surface area contributed by atoms with Crippen LogP contribution in [0.3, 0.4) is 0 Å². The molecule has 0 saturated carbocycles. The van der Waals surface area contributed by atoms with E-state index in [0.717, 1.165) is 11.3 Å². The number of nitrogens with two attached hydrogens (primary N) is 1. The molecule has 0 bridgehead atoms. The SMILES string of the molecule is CON=C(C(=O)N[C@@H]1C(=O)N(P(=O)(O)O)[C@H]1C)c1csc(N)n1. The summed E-state index contributed by atoms with van der Waals surface area (Å²) < 4.78 is 11.6. The second-order valence-corrected chi connectivity index (χ2v) is 6.93. The van der Waals surface area contributed by atoms with Crippen LogP contribution in [0.25, 0.3) is 0 Å². The fraction of sp³-hybridized carbons (Fsp3) is 0.400. The lowest BCUT2D eigenvalue weighted by Gasteiger charge is -2.44. The Bertz CT molecular complexity index is 714. The van der Waals surface area contributed by atoms with Gasteiger partial charge in [-0.3, -0.25) is 9.59 Å². The maximum Gasteiger partial charge on any atom is 0.432 e. The lowest BCUT2D eigenvalue weighted by Crippen LogP contribution is -2.68. The average Bonchev–Trinajstić information content (AvgIpc) is 2.86. The van der Waals surface area contributed by atoms with E-state index in [1.807, 2.05) is 0 Å². The van der Waals surface area contributed by atoms with Gasteiger partial charge >= 0.3 is 7.75 Å². The molecule has 2 atom stereocenters. The average molecular weight is 363 g/mol. The van der Waals surface area contributed by atoms with Gasteiger partial charge in [0.2, 0.25) is 0 Å². The maximum atomic E-state index is 12.2. The molecule has 1 aromatic rings. The molecule has 0 unspecified atom stereocenters. The molecule has 13 heteroatoms. The highest BCUT2D eigenvalue weighted by Crippen LogP contribution is 2.47. The summed E-state index contributed by atoms with van der Waals surface area (Å²) in [7, 11) is -3.47. The molecule has 11 nitrogen and oxygen atoms in total. The number of amides is 2. The standard InChI is InChI=1S/C10H14N5O6PS/c1-4-6(9(17)15(4)22(18,19)20)13-8(16)7(14-21-2)5-3-23-10(11)12-5/h3-4,6H,1-2H3,(H2,11,12)(H,13,16)(H2,18,19,20)/t4-,6-/m0/s1. The third-order valence-electron chi connectivity index (χ3n) is 3.09. The lowest BCUT2D eigenvalue weighted by atomic mass is 10.0. The molecule has 0 radical (unpaired) electrons. The monoisotopic (exact) mass is 363 g/mol. The number of anilines is 1. The first-order valence-electron chi connectivity index (χ1n) is 6.19. The zero-order chi connectivity index (χ0) is 17.4. The highest BCUT2D eigenvalue weighted by atomic mass is 32.1. The molecule has 23 heavy (non-hydrogen) atoms. The van der Waals surface area contributed by atoms with E-state index < -0.39 is 31.6 Å². The minimum absolute atomic E-state index is 0.165. The molecule has 5 N–H and O–H groups in total. The zero-order valence-electron chi connectivity index (χ0n) is 12.0. The smallest absolute Gasteiger partial charge is 0.398 e. The van der Waals surface area contributed by atoms with Gasteiger partial charge in [0, 0.05) is 5.38 Å². The van der Waals surface area contributed by atoms with Gasteiger partial charge in [0.05, 0.1) is 6.04 Å². The van der Waals surface area contributed by atoms with Crippen LogP contribution in [0.2, 0.25) is 0 Å². The quantitative estimate of drug-likeness (QED) is 0.221. The summed E-state index contributed by atoms with van der Waals surface area (Å²) in [5.41, 5.74) is 5.46. The van der Waals surface area contributed by atoms with Gasteiger partial charge in [-0.2, -0.15) is 0 Å². The summed E-state index contributed by atoms with van der Waals surface area (Å²) in [6, 6.07) is -1.94. The molecular weight excluding hydrogens is 349 g/mol. The Hall–Kier alpha value is -2.01. The number of hydrogen-bond donors (Lipinski definition) is 4. The molecule has 1 aliphatic rings. The Kier molecular flexibility index (Phi) is 4.71. The zero-order valence-corrected chi connectivity index (χ0v) is 13.7. The normalized spacial score (nSPS) is 21.8. The molecule has 1 aromatic heterocycles. The molecule has 0 spiro atoms. The van der Waals surface area contributed by atoms with Crippen LogP contribution in [-0.4, -0.2) is 56.2 Å². The lowest BCUT2D eigenvalue weighted by molar-refractivity contribution is -0.145. The van der Waals surface area contributed by atoms with Gasteiger partial charge in [-0.15, -0.1) is 11.3 Å². The van der Waals surface area contributed by atoms with E-state index in [-0.39, 0.29) is 16.5 Å². The van der Waals surface area contributed by atoms with Crippen LogP contribution in [-0.2, 0) is 19.0 Å². The minimum atomic E-state index is -4.70. The first-order chi connectivity index (χ1) is 10.7. The molecule has 0 aliphatic carbocycles. The van der Waals surface area contributed by atoms with E-state index in [1.165, 1.54) is 19.4 Å². The van der Waals surface area contributed by atoms with Crippen molar-refractivity contribution in [1.29, 1.82) is 0 Å². The summed E-state index contributed by atoms with van der Waals surface area (Å²) in [5, 5.41) is 7.61. The Balaban J connectivity index is 2.14. The third kappa shape index (κ3) is 3.34. The van der Waals surface area contributed by atoms with Crippen molar-refractivity contribution in [3.05, 3.63) is 11.1 Å². The number of hydrogen-bond acceptors (Lipinski definition) is 8. The minimum Gasteiger partial charge on any atom is -0.398 e. The molecule has 2 amide bonds. The Morgan fingerprint density at radius 3 is 2.70 bits per heavy atom. The topological polar surface area (TPSA) is 167 Å². The van der Waals surface area contributed by atoms with Crippen LogP contribution >= 0.6 is 19.1 Å². The van der Waals surface area contributed by atoms with E-state index in [1.54, 1.807) is 0 Å². The van der Waals surface area contributed by atoms with Gasteiger partial charge in [0.1, 0.15) is 18.8 Å². The highest BCUT2D eigenvalue weighted by molar-refractivity contribution is 7.50. The summed E-state index contributed by atoms with van der Waals surface area (Å²) in [6.45, 7) is 1.40. The van der Waals surface area contributed by atoms with Crippen molar-refractivity contribution in [1.82, 2.24) is 15.0 Å². The van der Waals surface area contributed by atoms with Crippen LogP contribution in [0.1, 0.15) is 12.6 Å². The number of carbonyl (C=O) groups is 2. The van der Waals surface area contributed by atoms with Gasteiger partial charge in [-0.05, 0) is 6.92 Å². The fourth-order valence-corrected chi connectivity index (χ4v) is 3.60. The van der Waals surface area contributed by atoms with Crippen molar-refractivity contribution in [3.63, 3.8) is 0 Å². The molecule has 2 heterocycles. The van der Waals surface area contributed by atoms with Crippen molar-refractivity contribution in [2.75, 3.05) is 12.8 Å². The van der Waals surface area contributed by atoms with E-state index in [4.69, 9.17) is 15.5 Å². The predicted octanol–water partition coefficient (Wildman–Crippen LogP) is -1.12. The summed E-state index contributed by atoms with van der Waals surface area (Å²) in [4.78, 5) is 50.6. The predicted molar refractivity (Wildman–Crippen MR) is 80.4 cm³/mol. The van der Waals surface area contributed by atoms with Crippen LogP contribution in [0, 0.1) is 0 Å². The number of β-lactam (4-membered cyclic amide) rings is 1. The van der Waals surface area contributed by atoms with Crippen molar-refractivity contribution >= 4 is 41.7 Å². The second-order valence-electron chi connectivity index (χ2n) is 4.58. The van der Waals surface area contributed by atoms with Gasteiger partial charge in [-0.25, -0.2) is 14.2 Å². The largest absolute Gasteiger partial charge is 0.432 e. The number of nitrogens with zero attached hydrogens (tertiary/aromatic N) is 3. The summed E-state index contributed by atoms with van der Waals surface area (Å²) in [5.74, 6) is -1.65. The molecule has 1 aliphatic heterocycles. The number of oxime groups is 1. The second kappa shape index (κ2) is 6.24. The van der Waals surface area contributed by atoms with Crippen LogP contribution in [0.4, 0.5) is 5.13 Å². The van der Waals surface area contributed by atoms with Crippen LogP contribution < -0.4 is 11.1 Å². The fourth-order valence-electron chi connectivity index (χ4n) is 2.06. The van der Waals surface area contributed by atoms with E-state index in [2.05, 4.69) is 20.3 Å². The molecular formula is C10H14N5O6PS. The highest BCUT2D eigenvalue weighted by Gasteiger charge is 2.53. The maximum absolute atomic E-state index is 12.2. The number of nitrogens with one attached hydrogen (secondary N) is 1. The third-order valence-corrected chi connectivity index (χ3v) is 4.89. The van der Waals surface area contributed by atoms with E-state index in [9.17, 15) is 14.2 Å². The number of rotatable bonds is 5. The van der Waals surface area contributed by atoms with Crippen molar-refractivity contribution < 1.29 is 28.8 Å². The van der Waals surface area contributed by atoms with Crippen LogP contribution in [0.15, 0.2) is 10.5 Å². The Morgan fingerprint density at radius 2 is 2.26 bits per heavy atom. The molecule has 0 aromatic carbocycles. The molecule has 126 valence electrons. The van der Waals surface area contributed by atoms with Crippen LogP contribution in [0.5, 0.6) is 0 Å². The van der Waals surface area contributed by atoms with Crippen molar-refractivity contribution in [2.45, 2.75) is 19.0 Å². The van der Waals surface area contributed by atoms with E-state index in [0.29, 0.717) is 4.67 Å². The molecule has 1 saturated heterocycles. The summed E-state index contributed by atoms with van der Waals surface area (Å²) >= 11 is 1.09. The van der Waals surface area contributed by atoms with Gasteiger partial charge < -0.3 is 25.7 Å². The van der Waals surface area contributed by atoms with Gasteiger partial charge in [0.15, 0.2) is 10.8 Å². The number of carbonyl (C=O) groups excluding carboxylic acids is 2. The van der Waals surface area contributed by atoms with Crippen molar-refractivity contribution in [3.8, 4) is 0 Å². The number of nitrogen functional groups attached to an aromatic ring is 1. The molecule has 1 fully saturated rings. The Morgan fingerprint density at radius 1 is 1.61 bits per heavy atom. The van der Waals surface area contributed by atoms with Crippen molar-refractivity contribution in [2.24, 2.45) is 5.16 Å². The van der Waals surface area contributed by atoms with E-state index >= 15 is 0 Å². The molecule has 2 rings (SSSR count). The first-order valence-corrected chi connectivity index (χ1v) is 8.63. The summed E-state index contributed by atoms with van der Waals surface area (Å²) in [6.07, 6.45) is 0. The van der Waals surface area contributed by atoms with Gasteiger partial charge in [0.25, 0.3) is 11.8 Å². The number of thiazole rings is 1. The number of aromatic nitrogens is 1. The Labute approximate surface area is 134 Å². The van der Waals surface area contributed by atoms with Gasteiger partial charge in [-0.1, -0.05) is 5.16 Å². The first kappa shape index (κ1) is 17.3.